The van der Waals surface area contributed by atoms with Gasteiger partial charge in [-0.2, -0.15) is 0 Å². The van der Waals surface area contributed by atoms with Gasteiger partial charge in [0.05, 0.1) is 11.4 Å². The fourth-order valence-electron chi connectivity index (χ4n) is 3.40. The Balaban J connectivity index is 1.58. The molecule has 0 aliphatic heterocycles. The van der Waals surface area contributed by atoms with E-state index in [1.807, 2.05) is 30.4 Å². The van der Waals surface area contributed by atoms with Gasteiger partial charge in [-0.15, -0.1) is 22.7 Å². The van der Waals surface area contributed by atoms with Crippen molar-refractivity contribution >= 4 is 52.1 Å². The molecule has 3 rings (SSSR count). The number of aromatic nitrogens is 1. The lowest BCUT2D eigenvalue weighted by molar-refractivity contribution is 0.0635. The number of carbonyl (C=O) groups excluding carboxylic acids is 3. The predicted molar refractivity (Wildman–Crippen MR) is 157 cm³/mol. The van der Waals surface area contributed by atoms with Gasteiger partial charge in [0.25, 0.3) is 5.91 Å². The fraction of sp³-hybridized carbons (Fsp3) is 0.407. The molecule has 12 heteroatoms. The number of urea groups is 1. The molecule has 0 aliphatic carbocycles. The second kappa shape index (κ2) is 14.1. The highest BCUT2D eigenvalue weighted by molar-refractivity contribution is 7.10. The molecule has 3 heterocycles. The van der Waals surface area contributed by atoms with Gasteiger partial charge >= 0.3 is 12.1 Å². The second-order valence-corrected chi connectivity index (χ2v) is 11.9. The number of rotatable bonds is 11. The highest BCUT2D eigenvalue weighted by Crippen LogP contribution is 2.27. The second-order valence-electron chi connectivity index (χ2n) is 10.1. The van der Waals surface area contributed by atoms with E-state index in [2.05, 4.69) is 27.0 Å². The number of thiophene rings is 2. The summed E-state index contributed by atoms with van der Waals surface area (Å²) in [5.74, 6) is -0.414. The van der Waals surface area contributed by atoms with E-state index in [0.717, 1.165) is 12.0 Å². The van der Waals surface area contributed by atoms with Crippen molar-refractivity contribution in [1.29, 1.82) is 0 Å². The van der Waals surface area contributed by atoms with E-state index in [4.69, 9.17) is 4.74 Å². The minimum atomic E-state index is -0.637. The molecule has 0 saturated heterocycles. The van der Waals surface area contributed by atoms with Gasteiger partial charge in [0.15, 0.2) is 0 Å². The van der Waals surface area contributed by atoms with Crippen LogP contribution < -0.4 is 16.0 Å². The Morgan fingerprint density at radius 2 is 1.77 bits per heavy atom. The summed E-state index contributed by atoms with van der Waals surface area (Å²) in [6.45, 7) is 7.51. The third-order valence-corrected chi connectivity index (χ3v) is 6.99. The van der Waals surface area contributed by atoms with E-state index in [-0.39, 0.29) is 11.7 Å². The number of carbonyl (C=O) groups is 3. The van der Waals surface area contributed by atoms with Gasteiger partial charge in [-0.1, -0.05) is 12.1 Å². The molecule has 0 unspecified atom stereocenters. The number of nitrogens with zero attached hydrogens (tertiary/aromatic N) is 3. The van der Waals surface area contributed by atoms with Crippen LogP contribution in [-0.2, 0) is 17.7 Å². The fourth-order valence-corrected chi connectivity index (χ4v) is 4.82. The van der Waals surface area contributed by atoms with Gasteiger partial charge < -0.3 is 25.2 Å². The summed E-state index contributed by atoms with van der Waals surface area (Å²) in [6, 6.07) is 7.33. The summed E-state index contributed by atoms with van der Waals surface area (Å²) in [5.41, 5.74) is 1.29. The van der Waals surface area contributed by atoms with Crippen molar-refractivity contribution in [3.63, 3.8) is 0 Å². The maximum atomic E-state index is 12.9. The molecule has 4 amide bonds. The largest absolute Gasteiger partial charge is 0.444 e. The molecule has 39 heavy (non-hydrogen) atoms. The smallest absolute Gasteiger partial charge is 0.412 e. The quantitative estimate of drug-likeness (QED) is 0.294. The Labute approximate surface area is 237 Å². The van der Waals surface area contributed by atoms with Gasteiger partial charge in [-0.3, -0.25) is 15.1 Å². The standard InChI is InChI=1S/C27H36N6O4S2/c1-27(2,3)37-26(36)31-23-18-38-17-22(23)30-24(34)21-9-8-19(15-29-21)16-33(13-12-32(4)5)25(35)28-11-10-20-7-6-14-39-20/h6-9,14-15,17-18H,10-13,16H2,1-5H3,(H,28,35)(H,30,34)(H,31,36). The first-order valence-corrected chi connectivity index (χ1v) is 14.3. The van der Waals surface area contributed by atoms with Gasteiger partial charge in [0, 0.05) is 48.0 Å². The van der Waals surface area contributed by atoms with Gasteiger partial charge in [0.2, 0.25) is 0 Å². The average molecular weight is 573 g/mol. The maximum Gasteiger partial charge on any atom is 0.412 e. The Bertz CT molecular complexity index is 1220. The van der Waals surface area contributed by atoms with Gasteiger partial charge in [0.1, 0.15) is 11.3 Å². The molecule has 0 radical (unpaired) electrons. The molecule has 0 fully saturated rings. The molecular formula is C27H36N6O4S2. The third-order valence-electron chi connectivity index (χ3n) is 5.31. The van der Waals surface area contributed by atoms with Crippen LogP contribution in [0, 0.1) is 0 Å². The normalized spacial score (nSPS) is 11.2. The minimum absolute atomic E-state index is 0.141. The molecule has 0 atom stereocenters. The topological polar surface area (TPSA) is 116 Å². The molecule has 3 aromatic rings. The monoisotopic (exact) mass is 572 g/mol. The van der Waals surface area contributed by atoms with E-state index >= 15 is 0 Å². The third kappa shape index (κ3) is 10.3. The zero-order valence-corrected chi connectivity index (χ0v) is 24.6. The van der Waals surface area contributed by atoms with Crippen LogP contribution in [0.25, 0.3) is 0 Å². The van der Waals surface area contributed by atoms with Gasteiger partial charge in [-0.05, 0) is 64.4 Å². The Kier molecular flexibility index (Phi) is 10.8. The van der Waals surface area contributed by atoms with Gasteiger partial charge in [-0.25, -0.2) is 9.59 Å². The highest BCUT2D eigenvalue weighted by atomic mass is 32.1. The first-order valence-electron chi connectivity index (χ1n) is 12.5. The van der Waals surface area contributed by atoms with Crippen LogP contribution in [0.2, 0.25) is 0 Å². The van der Waals surface area contributed by atoms with E-state index in [0.29, 0.717) is 37.6 Å². The molecule has 0 saturated carbocycles. The van der Waals surface area contributed by atoms with Crippen LogP contribution in [0.5, 0.6) is 0 Å². The predicted octanol–water partition coefficient (Wildman–Crippen LogP) is 5.12. The van der Waals surface area contributed by atoms with E-state index in [1.54, 1.807) is 66.1 Å². The molecule has 0 aromatic carbocycles. The Morgan fingerprint density at radius 3 is 2.38 bits per heavy atom. The lowest BCUT2D eigenvalue weighted by Crippen LogP contribution is -2.43. The number of pyridine rings is 1. The van der Waals surface area contributed by atoms with Crippen LogP contribution in [0.3, 0.4) is 0 Å². The lowest BCUT2D eigenvalue weighted by Gasteiger charge is -2.25. The Morgan fingerprint density at radius 1 is 1.03 bits per heavy atom. The summed E-state index contributed by atoms with van der Waals surface area (Å²) in [4.78, 5) is 47.1. The van der Waals surface area contributed by atoms with E-state index in [1.165, 1.54) is 16.2 Å². The number of amides is 4. The van der Waals surface area contributed by atoms with Crippen molar-refractivity contribution < 1.29 is 19.1 Å². The summed E-state index contributed by atoms with van der Waals surface area (Å²) in [7, 11) is 3.92. The van der Waals surface area contributed by atoms with Crippen molar-refractivity contribution in [2.75, 3.05) is 44.4 Å². The molecule has 3 N–H and O–H groups in total. The van der Waals surface area contributed by atoms with Crippen molar-refractivity contribution in [3.05, 3.63) is 62.7 Å². The van der Waals surface area contributed by atoms with Crippen LogP contribution in [-0.4, -0.2) is 72.1 Å². The van der Waals surface area contributed by atoms with Crippen LogP contribution in [0.4, 0.5) is 21.0 Å². The number of hydrogen-bond acceptors (Lipinski definition) is 8. The highest BCUT2D eigenvalue weighted by Gasteiger charge is 2.19. The van der Waals surface area contributed by atoms with E-state index in [9.17, 15) is 14.4 Å². The molecule has 0 spiro atoms. The van der Waals surface area contributed by atoms with Crippen molar-refractivity contribution in [3.8, 4) is 0 Å². The number of likely N-dealkylation sites (N-methyl/N-ethyl adjacent to an activating group) is 1. The first kappa shape index (κ1) is 30.1. The minimum Gasteiger partial charge on any atom is -0.444 e. The van der Waals surface area contributed by atoms with Crippen LogP contribution >= 0.6 is 22.7 Å². The maximum absolute atomic E-state index is 12.9. The SMILES string of the molecule is CN(C)CCN(Cc1ccc(C(=O)Nc2cscc2NC(=O)OC(C)(C)C)nc1)C(=O)NCCc1cccs1. The zero-order chi connectivity index (χ0) is 28.4. The number of hydrogen-bond donors (Lipinski definition) is 3. The van der Waals surface area contributed by atoms with Crippen molar-refractivity contribution in [2.24, 2.45) is 0 Å². The number of anilines is 2. The summed E-state index contributed by atoms with van der Waals surface area (Å²) < 4.78 is 5.28. The van der Waals surface area contributed by atoms with Crippen LogP contribution in [0.15, 0.2) is 46.6 Å². The summed E-state index contributed by atoms with van der Waals surface area (Å²) in [6.07, 6.45) is 1.78. The number of ether oxygens (including phenoxy) is 1. The zero-order valence-electron chi connectivity index (χ0n) is 22.9. The summed E-state index contributed by atoms with van der Waals surface area (Å²) >= 11 is 3.01. The van der Waals surface area contributed by atoms with Crippen LogP contribution in [0.1, 0.15) is 41.7 Å². The van der Waals surface area contributed by atoms with Crippen molar-refractivity contribution in [1.82, 2.24) is 20.1 Å². The average Bonchev–Trinajstić information content (AvgIpc) is 3.53. The molecule has 10 nitrogen and oxygen atoms in total. The summed E-state index contributed by atoms with van der Waals surface area (Å²) in [5, 5.41) is 13.9. The molecular weight excluding hydrogens is 536 g/mol. The first-order chi connectivity index (χ1) is 18.5. The Hall–Kier alpha value is -3.48. The number of nitrogens with one attached hydrogen (secondary N) is 3. The molecule has 3 aromatic heterocycles. The molecule has 0 aliphatic rings. The van der Waals surface area contributed by atoms with Crippen molar-refractivity contribution in [2.45, 2.75) is 39.3 Å². The lowest BCUT2D eigenvalue weighted by atomic mass is 10.2. The van der Waals surface area contributed by atoms with E-state index < -0.39 is 17.6 Å². The molecule has 210 valence electrons. The molecule has 0 bridgehead atoms.